The third-order valence-electron chi connectivity index (χ3n) is 3.98. The second-order valence-corrected chi connectivity index (χ2v) is 5.29. The van der Waals surface area contributed by atoms with Crippen molar-refractivity contribution in [2.45, 2.75) is 51.0 Å². The van der Waals surface area contributed by atoms with Crippen molar-refractivity contribution in [1.29, 1.82) is 0 Å². The second-order valence-electron chi connectivity index (χ2n) is 5.29. The predicted octanol–water partition coefficient (Wildman–Crippen LogP) is -0.584. The van der Waals surface area contributed by atoms with E-state index in [1.165, 1.54) is 0 Å². The molecule has 1 saturated heterocycles. The van der Waals surface area contributed by atoms with Crippen molar-refractivity contribution in [3.05, 3.63) is 0 Å². The van der Waals surface area contributed by atoms with Crippen molar-refractivity contribution < 1.29 is 15.0 Å². The molecule has 0 bridgehead atoms. The number of aliphatic hydroxyl groups excluding tert-OH is 1. The highest BCUT2D eigenvalue weighted by Crippen LogP contribution is 2.48. The lowest BCUT2D eigenvalue weighted by Crippen LogP contribution is -2.52. The van der Waals surface area contributed by atoms with Crippen LogP contribution in [0, 0.1) is 5.41 Å². The lowest BCUT2D eigenvalue weighted by molar-refractivity contribution is -0.145. The van der Waals surface area contributed by atoms with E-state index in [4.69, 9.17) is 5.73 Å². The largest absolute Gasteiger partial charge is 0.366 e. The number of nitrogens with two attached hydrogens (primary N) is 1. The topological polar surface area (TPSA) is 86.8 Å². The molecule has 5 heteroatoms. The molecule has 1 heterocycles. The van der Waals surface area contributed by atoms with Gasteiger partial charge in [-0.15, -0.1) is 0 Å². The quantitative estimate of drug-likeness (QED) is 0.564. The highest BCUT2D eigenvalue weighted by molar-refractivity contribution is 5.83. The van der Waals surface area contributed by atoms with Crippen LogP contribution in [0.1, 0.15) is 32.6 Å². The molecule has 0 radical (unpaired) electrons. The van der Waals surface area contributed by atoms with Gasteiger partial charge in [0, 0.05) is 6.54 Å². The zero-order valence-electron chi connectivity index (χ0n) is 9.59. The first-order valence-electron chi connectivity index (χ1n) is 5.88. The molecule has 0 spiro atoms. The van der Waals surface area contributed by atoms with Crippen LogP contribution in [0.2, 0.25) is 0 Å². The highest BCUT2D eigenvalue weighted by atomic mass is 16.5. The molecule has 2 aliphatic rings. The number of amides is 1. The molecule has 0 unspecified atom stereocenters. The maximum absolute atomic E-state index is 12.1. The summed E-state index contributed by atoms with van der Waals surface area (Å²) in [5, 5.41) is 18.4. The molecule has 1 aliphatic carbocycles. The third kappa shape index (κ3) is 1.95. The van der Waals surface area contributed by atoms with Crippen LogP contribution in [0.25, 0.3) is 0 Å². The zero-order valence-corrected chi connectivity index (χ0v) is 9.59. The van der Waals surface area contributed by atoms with Gasteiger partial charge in [-0.2, -0.15) is 0 Å². The first-order valence-corrected chi connectivity index (χ1v) is 5.88. The smallest absolute Gasteiger partial charge is 0.240 e. The summed E-state index contributed by atoms with van der Waals surface area (Å²) in [6.45, 7) is 2.60. The summed E-state index contributed by atoms with van der Waals surface area (Å²) in [4.78, 5) is 13.7. The third-order valence-corrected chi connectivity index (χ3v) is 3.98. The van der Waals surface area contributed by atoms with E-state index in [2.05, 4.69) is 0 Å². The summed E-state index contributed by atoms with van der Waals surface area (Å²) in [7, 11) is 0. The molecule has 1 amide bonds. The summed E-state index contributed by atoms with van der Waals surface area (Å²) < 4.78 is 0. The average molecular weight is 228 g/mol. The Morgan fingerprint density at radius 3 is 2.62 bits per heavy atom. The predicted molar refractivity (Wildman–Crippen MR) is 58.3 cm³/mol. The number of hydrogen-bond donors (Lipinski definition) is 3. The molecule has 16 heavy (non-hydrogen) atoms. The highest BCUT2D eigenvalue weighted by Gasteiger charge is 2.49. The van der Waals surface area contributed by atoms with Crippen LogP contribution in [0.5, 0.6) is 0 Å². The maximum atomic E-state index is 12.1. The molecular weight excluding hydrogens is 208 g/mol. The van der Waals surface area contributed by atoms with Crippen LogP contribution in [0.3, 0.4) is 0 Å². The van der Waals surface area contributed by atoms with E-state index >= 15 is 0 Å². The molecular formula is C11H20N2O3. The van der Waals surface area contributed by atoms with Gasteiger partial charge in [-0.05, 0) is 31.1 Å². The lowest BCUT2D eigenvalue weighted by Gasteiger charge is -2.30. The minimum atomic E-state index is -1.45. The molecule has 0 aromatic carbocycles. The maximum Gasteiger partial charge on any atom is 0.240 e. The Kier molecular flexibility index (Phi) is 2.94. The SMILES string of the molecule is CC1([C@@H](N)C(=O)N2CCC[C@H]2C(O)O)CC1. The van der Waals surface area contributed by atoms with E-state index in [0.717, 1.165) is 19.3 Å². The number of carbonyl (C=O) groups excluding carboxylic acids is 1. The Labute approximate surface area is 95.2 Å². The number of likely N-dealkylation sites (tertiary alicyclic amines) is 1. The van der Waals surface area contributed by atoms with Gasteiger partial charge in [0.25, 0.3) is 0 Å². The van der Waals surface area contributed by atoms with Gasteiger partial charge in [0.05, 0.1) is 12.1 Å². The average Bonchev–Trinajstić information content (AvgIpc) is 2.83. The Balaban J connectivity index is 2.03. The number of hydrogen-bond acceptors (Lipinski definition) is 4. The minimum absolute atomic E-state index is 0.0648. The molecule has 0 aromatic rings. The molecule has 1 aliphatic heterocycles. The number of aliphatic hydroxyl groups is 2. The van der Waals surface area contributed by atoms with Gasteiger partial charge in [-0.3, -0.25) is 4.79 Å². The molecule has 2 fully saturated rings. The molecule has 1 saturated carbocycles. The zero-order chi connectivity index (χ0) is 11.9. The van der Waals surface area contributed by atoms with E-state index < -0.39 is 18.4 Å². The lowest BCUT2D eigenvalue weighted by atomic mass is 9.98. The second kappa shape index (κ2) is 3.98. The van der Waals surface area contributed by atoms with Crippen LogP contribution in [0.4, 0.5) is 0 Å². The number of carbonyl (C=O) groups is 1. The summed E-state index contributed by atoms with van der Waals surface area (Å²) in [6.07, 6.45) is 1.98. The molecule has 4 N–H and O–H groups in total. The fourth-order valence-corrected chi connectivity index (χ4v) is 2.36. The number of nitrogens with zero attached hydrogens (tertiary/aromatic N) is 1. The number of rotatable bonds is 3. The van der Waals surface area contributed by atoms with Gasteiger partial charge in [0.1, 0.15) is 0 Å². The van der Waals surface area contributed by atoms with Crippen LogP contribution >= 0.6 is 0 Å². The molecule has 5 nitrogen and oxygen atoms in total. The van der Waals surface area contributed by atoms with Gasteiger partial charge in [0.2, 0.25) is 5.91 Å². The van der Waals surface area contributed by atoms with Crippen molar-refractivity contribution in [2.24, 2.45) is 11.1 Å². The van der Waals surface area contributed by atoms with Gasteiger partial charge >= 0.3 is 0 Å². The Morgan fingerprint density at radius 2 is 2.12 bits per heavy atom. The first-order chi connectivity index (χ1) is 7.46. The normalized spacial score (nSPS) is 29.6. The van der Waals surface area contributed by atoms with Gasteiger partial charge in [-0.1, -0.05) is 6.92 Å². The van der Waals surface area contributed by atoms with Crippen molar-refractivity contribution in [2.75, 3.05) is 6.54 Å². The van der Waals surface area contributed by atoms with Crippen molar-refractivity contribution in [1.82, 2.24) is 4.90 Å². The summed E-state index contributed by atoms with van der Waals surface area (Å²) in [6, 6.07) is -0.965. The first kappa shape index (κ1) is 11.8. The molecule has 2 rings (SSSR count). The van der Waals surface area contributed by atoms with E-state index in [9.17, 15) is 15.0 Å². The minimum Gasteiger partial charge on any atom is -0.366 e. The monoisotopic (exact) mass is 228 g/mol. The van der Waals surface area contributed by atoms with E-state index in [-0.39, 0.29) is 11.3 Å². The summed E-state index contributed by atoms with van der Waals surface area (Å²) >= 11 is 0. The fraction of sp³-hybridized carbons (Fsp3) is 0.909. The summed E-state index contributed by atoms with van der Waals surface area (Å²) in [5.41, 5.74) is 5.88. The molecule has 0 aromatic heterocycles. The van der Waals surface area contributed by atoms with Crippen LogP contribution in [0.15, 0.2) is 0 Å². The Hall–Kier alpha value is -0.650. The summed E-state index contributed by atoms with van der Waals surface area (Å²) in [5.74, 6) is -0.129. The van der Waals surface area contributed by atoms with Gasteiger partial charge in [0.15, 0.2) is 6.29 Å². The molecule has 2 atom stereocenters. The van der Waals surface area contributed by atoms with Gasteiger partial charge in [-0.25, -0.2) is 0 Å². The van der Waals surface area contributed by atoms with Crippen LogP contribution < -0.4 is 5.73 Å². The molecule has 92 valence electrons. The van der Waals surface area contributed by atoms with Crippen molar-refractivity contribution >= 4 is 5.91 Å². The van der Waals surface area contributed by atoms with E-state index in [0.29, 0.717) is 13.0 Å². The Bertz CT molecular complexity index is 289. The van der Waals surface area contributed by atoms with E-state index in [1.54, 1.807) is 4.90 Å². The van der Waals surface area contributed by atoms with Crippen molar-refractivity contribution in [3.8, 4) is 0 Å². The Morgan fingerprint density at radius 1 is 1.50 bits per heavy atom. The standard InChI is InChI=1S/C11H20N2O3/c1-11(4-5-11)8(12)9(14)13-6-2-3-7(13)10(15)16/h7-8,10,15-16H,2-6,12H2,1H3/t7-,8-/m0/s1. The van der Waals surface area contributed by atoms with Crippen LogP contribution in [-0.2, 0) is 4.79 Å². The van der Waals surface area contributed by atoms with E-state index in [1.807, 2.05) is 6.92 Å². The van der Waals surface area contributed by atoms with Gasteiger partial charge < -0.3 is 20.8 Å². The van der Waals surface area contributed by atoms with Crippen molar-refractivity contribution in [3.63, 3.8) is 0 Å². The van der Waals surface area contributed by atoms with Crippen LogP contribution in [-0.4, -0.2) is 45.9 Å². The fourth-order valence-electron chi connectivity index (χ4n) is 2.36.